The van der Waals surface area contributed by atoms with E-state index in [1.807, 2.05) is 12.1 Å². The maximum atomic E-state index is 5.86. The van der Waals surface area contributed by atoms with Crippen molar-refractivity contribution in [3.05, 3.63) is 98.4 Å². The number of thiazole rings is 2. The number of hydrogen-bond acceptors (Lipinski definition) is 4. The highest BCUT2D eigenvalue weighted by Crippen LogP contribution is 2.31. The third kappa shape index (κ3) is 3.22. The molecule has 0 spiro atoms. The summed E-state index contributed by atoms with van der Waals surface area (Å²) in [5.41, 5.74) is 5.47. The largest absolute Gasteiger partial charge is 0.501 e. The molecular weight excluding hydrogens is 443 g/mol. The summed E-state index contributed by atoms with van der Waals surface area (Å²) in [6, 6.07) is 25.2. The summed E-state index contributed by atoms with van der Waals surface area (Å²) < 4.78 is 8.35. The van der Waals surface area contributed by atoms with E-state index in [0.717, 1.165) is 39.4 Å². The average molecular weight is 460 g/mol. The molecule has 0 unspecified atom stereocenters. The lowest BCUT2D eigenvalue weighted by Crippen LogP contribution is -2.35. The molecule has 5 rings (SSSR count). The van der Waals surface area contributed by atoms with Crippen LogP contribution in [0.2, 0.25) is 0 Å². The van der Waals surface area contributed by atoms with Crippen LogP contribution in [-0.4, -0.2) is 15.9 Å². The van der Waals surface area contributed by atoms with Gasteiger partial charge >= 0.3 is 3.95 Å². The lowest BCUT2D eigenvalue weighted by molar-refractivity contribution is 1.13. The molecule has 3 aromatic carbocycles. The second-order valence-electron chi connectivity index (χ2n) is 7.18. The number of hydrogen-bond donors (Lipinski definition) is 0. The van der Waals surface area contributed by atoms with E-state index in [2.05, 4.69) is 83.1 Å². The van der Waals surface area contributed by atoms with Gasteiger partial charge in [-0.3, -0.25) is 0 Å². The average Bonchev–Trinajstić information content (AvgIpc) is 3.25. The maximum absolute atomic E-state index is 5.86. The van der Waals surface area contributed by atoms with E-state index in [0.29, 0.717) is 0 Å². The zero-order chi connectivity index (χ0) is 20.8. The molecule has 146 valence electrons. The summed E-state index contributed by atoms with van der Waals surface area (Å²) in [7, 11) is 0. The molecule has 0 saturated heterocycles. The molecule has 30 heavy (non-hydrogen) atoms. The van der Waals surface area contributed by atoms with Gasteiger partial charge in [-0.25, -0.2) is 0 Å². The molecule has 0 aliphatic heterocycles. The fourth-order valence-corrected chi connectivity index (χ4v) is 6.51. The van der Waals surface area contributed by atoms with Gasteiger partial charge in [-0.2, -0.15) is 5.47 Å². The summed E-state index contributed by atoms with van der Waals surface area (Å²) in [5.74, 6) is 0. The Morgan fingerprint density at radius 3 is 2.10 bits per heavy atom. The second-order valence-corrected chi connectivity index (χ2v) is 10.5. The zero-order valence-corrected chi connectivity index (χ0v) is 19.5. The Balaban J connectivity index is 1.84. The number of nitrogens with zero attached hydrogens (tertiary/aromatic N) is 2. The van der Waals surface area contributed by atoms with Crippen LogP contribution >= 0.6 is 34.9 Å². The molecular formula is C23H17BN2S4. The summed E-state index contributed by atoms with van der Waals surface area (Å²) in [4.78, 5) is 0. The first-order chi connectivity index (χ1) is 14.5. The molecule has 0 atom stereocenters. The minimum absolute atomic E-state index is 0.236. The predicted molar refractivity (Wildman–Crippen MR) is 138 cm³/mol. The number of aromatic nitrogens is 2. The lowest BCUT2D eigenvalue weighted by atomic mass is 9.64. The van der Waals surface area contributed by atoms with Crippen LogP contribution in [0.5, 0.6) is 0 Å². The molecule has 0 aliphatic carbocycles. The lowest BCUT2D eigenvalue weighted by Gasteiger charge is -2.34. The Morgan fingerprint density at radius 2 is 1.43 bits per heavy atom. The van der Waals surface area contributed by atoms with Crippen molar-refractivity contribution in [2.24, 2.45) is 0 Å². The number of rotatable bonds is 4. The minimum Gasteiger partial charge on any atom is -0.501 e. The number of fused-ring (bicyclic) bond motifs is 2. The van der Waals surface area contributed by atoms with Crippen LogP contribution in [0.25, 0.3) is 25.9 Å². The van der Waals surface area contributed by atoms with Crippen LogP contribution < -0.4 is 0 Å². The van der Waals surface area contributed by atoms with Crippen molar-refractivity contribution >= 4 is 80.0 Å². The van der Waals surface area contributed by atoms with Gasteiger partial charge in [-0.1, -0.05) is 71.9 Å². The molecule has 7 heteroatoms. The number of benzene rings is 3. The van der Waals surface area contributed by atoms with Crippen LogP contribution in [0.4, 0.5) is 0 Å². The molecule has 0 saturated carbocycles. The Morgan fingerprint density at radius 1 is 0.867 bits per heavy atom. The van der Waals surface area contributed by atoms with Gasteiger partial charge in [0.2, 0.25) is 0 Å². The summed E-state index contributed by atoms with van der Waals surface area (Å²) in [6.45, 7) is 6.39. The summed E-state index contributed by atoms with van der Waals surface area (Å²) in [6.07, 6.45) is 0. The van der Waals surface area contributed by atoms with E-state index in [-0.39, 0.29) is 6.98 Å². The predicted octanol–water partition coefficient (Wildman–Crippen LogP) is 6.97. The van der Waals surface area contributed by atoms with E-state index in [1.54, 1.807) is 22.7 Å². The third-order valence-corrected chi connectivity index (χ3v) is 8.03. The SMILES string of the molecule is C=C([B-](n1c(=S)sc2ccccc21)n1c(=[S+])sc2ccccc21)c1ccc(C)cc1. The molecule has 0 N–H and O–H groups in total. The van der Waals surface area contributed by atoms with Gasteiger partial charge in [0.05, 0.1) is 0 Å². The maximum Gasteiger partial charge on any atom is 0.351 e. The van der Waals surface area contributed by atoms with Crippen molar-refractivity contribution < 1.29 is 0 Å². The van der Waals surface area contributed by atoms with Crippen LogP contribution in [0, 0.1) is 14.8 Å². The van der Waals surface area contributed by atoms with Gasteiger partial charge in [0.1, 0.15) is 22.3 Å². The van der Waals surface area contributed by atoms with Crippen molar-refractivity contribution in [1.29, 1.82) is 0 Å². The highest BCUT2D eigenvalue weighted by Gasteiger charge is 2.20. The third-order valence-electron chi connectivity index (χ3n) is 5.26. The van der Waals surface area contributed by atoms with E-state index in [9.17, 15) is 0 Å². The van der Waals surface area contributed by atoms with Crippen molar-refractivity contribution in [3.63, 3.8) is 0 Å². The first-order valence-electron chi connectivity index (χ1n) is 9.50. The van der Waals surface area contributed by atoms with E-state index >= 15 is 0 Å². The molecule has 0 aliphatic rings. The van der Waals surface area contributed by atoms with Crippen molar-refractivity contribution in [2.75, 3.05) is 0 Å². The summed E-state index contributed by atoms with van der Waals surface area (Å²) in [5, 5.41) is 0. The van der Waals surface area contributed by atoms with Crippen LogP contribution in [0.15, 0.2) is 79.4 Å². The van der Waals surface area contributed by atoms with Gasteiger partial charge in [0, 0.05) is 15.7 Å². The molecule has 5 aromatic rings. The fraction of sp³-hybridized carbons (Fsp3) is 0.0435. The van der Waals surface area contributed by atoms with E-state index in [1.165, 1.54) is 5.56 Å². The molecule has 2 radical (unpaired) electrons. The van der Waals surface area contributed by atoms with Crippen molar-refractivity contribution in [2.45, 2.75) is 6.92 Å². The minimum atomic E-state index is -0.236. The monoisotopic (exact) mass is 460 g/mol. The highest BCUT2D eigenvalue weighted by molar-refractivity contribution is 7.73. The Hall–Kier alpha value is -2.32. The van der Waals surface area contributed by atoms with E-state index < -0.39 is 0 Å². The normalized spacial score (nSPS) is 11.5. The molecule has 0 bridgehead atoms. The topological polar surface area (TPSA) is 9.86 Å². The Bertz CT molecular complexity index is 1430. The van der Waals surface area contributed by atoms with Crippen molar-refractivity contribution in [1.82, 2.24) is 8.96 Å². The molecule has 2 nitrogen and oxygen atoms in total. The van der Waals surface area contributed by atoms with Crippen LogP contribution in [0.1, 0.15) is 11.1 Å². The Labute approximate surface area is 193 Å². The van der Waals surface area contributed by atoms with Crippen molar-refractivity contribution in [3.8, 4) is 0 Å². The van der Waals surface area contributed by atoms with Gasteiger partial charge in [0.25, 0.3) is 12.2 Å². The van der Waals surface area contributed by atoms with E-state index in [4.69, 9.17) is 24.4 Å². The summed E-state index contributed by atoms with van der Waals surface area (Å²) >= 11 is 15.0. The standard InChI is InChI=1S/C23H17BN2S4/c1-15-11-13-17(14-12-15)16(2)24(25-18-7-3-5-9-20(18)29-22(25)27)26-19-8-4-6-10-21(19)30-23(26)28/h3-14H,2H2,1H3. The van der Waals surface area contributed by atoms with Gasteiger partial charge < -0.3 is 8.96 Å². The Kier molecular flexibility index (Phi) is 5.07. The van der Waals surface area contributed by atoms with Gasteiger partial charge in [-0.15, -0.1) is 17.9 Å². The highest BCUT2D eigenvalue weighted by atomic mass is 32.2. The van der Waals surface area contributed by atoms with Crippen LogP contribution in [-0.2, 0) is 12.2 Å². The number of para-hydroxylation sites is 2. The van der Waals surface area contributed by atoms with Gasteiger partial charge in [-0.05, 0) is 31.2 Å². The fourth-order valence-electron chi connectivity index (χ4n) is 3.78. The zero-order valence-electron chi connectivity index (χ0n) is 16.2. The van der Waals surface area contributed by atoms with Crippen LogP contribution in [0.3, 0.4) is 0 Å². The molecule has 0 amide bonds. The smallest absolute Gasteiger partial charge is 0.351 e. The first kappa shape index (κ1) is 19.6. The van der Waals surface area contributed by atoms with Gasteiger partial charge in [0.15, 0.2) is 4.70 Å². The molecule has 2 aromatic heterocycles. The second kappa shape index (κ2) is 7.74. The molecule has 2 heterocycles. The number of aryl methyl sites for hydroxylation is 1. The molecule has 0 fully saturated rings. The first-order valence-corrected chi connectivity index (χ1v) is 12.0. The quantitative estimate of drug-likeness (QED) is 0.163.